The lowest BCUT2D eigenvalue weighted by Gasteiger charge is -2.27. The van der Waals surface area contributed by atoms with Crippen LogP contribution in [0.5, 0.6) is 0 Å². The SMILES string of the molecule is OCC1(NCc2ccc(F)cc2F)CCSC1. The van der Waals surface area contributed by atoms with E-state index in [1.54, 1.807) is 11.8 Å². The highest BCUT2D eigenvalue weighted by molar-refractivity contribution is 7.99. The fourth-order valence-electron chi connectivity index (χ4n) is 1.88. The van der Waals surface area contributed by atoms with E-state index in [1.807, 2.05) is 0 Å². The average Bonchev–Trinajstić information content (AvgIpc) is 2.77. The first-order valence-corrected chi connectivity index (χ1v) is 6.68. The lowest BCUT2D eigenvalue weighted by molar-refractivity contribution is 0.177. The van der Waals surface area contributed by atoms with Gasteiger partial charge in [-0.3, -0.25) is 0 Å². The van der Waals surface area contributed by atoms with Crippen molar-refractivity contribution in [2.45, 2.75) is 18.5 Å². The molecule has 1 atom stereocenters. The Kier molecular flexibility index (Phi) is 4.01. The molecule has 0 radical (unpaired) electrons. The average molecular weight is 259 g/mol. The summed E-state index contributed by atoms with van der Waals surface area (Å²) < 4.78 is 26.1. The van der Waals surface area contributed by atoms with E-state index in [1.165, 1.54) is 12.1 Å². The third-order valence-corrected chi connectivity index (χ3v) is 4.32. The van der Waals surface area contributed by atoms with Gasteiger partial charge in [-0.25, -0.2) is 8.78 Å². The Bertz CT molecular complexity index is 394. The van der Waals surface area contributed by atoms with Gasteiger partial charge in [-0.2, -0.15) is 11.8 Å². The minimum absolute atomic E-state index is 0.0445. The second-order valence-corrected chi connectivity index (χ2v) is 5.44. The van der Waals surface area contributed by atoms with Crippen LogP contribution in [0.4, 0.5) is 8.78 Å². The van der Waals surface area contributed by atoms with Gasteiger partial charge in [0.05, 0.1) is 12.1 Å². The molecule has 0 spiro atoms. The van der Waals surface area contributed by atoms with Crippen LogP contribution in [0.15, 0.2) is 18.2 Å². The number of halogens is 2. The van der Waals surface area contributed by atoms with Crippen LogP contribution in [0.2, 0.25) is 0 Å². The standard InChI is InChI=1S/C12H15F2NOS/c13-10-2-1-9(11(14)5-10)6-15-12(7-16)3-4-17-8-12/h1-2,5,15-16H,3-4,6-8H2. The van der Waals surface area contributed by atoms with E-state index in [-0.39, 0.29) is 12.1 Å². The van der Waals surface area contributed by atoms with E-state index >= 15 is 0 Å². The van der Waals surface area contributed by atoms with Crippen LogP contribution >= 0.6 is 11.8 Å². The van der Waals surface area contributed by atoms with Crippen molar-refractivity contribution in [3.05, 3.63) is 35.4 Å². The summed E-state index contributed by atoms with van der Waals surface area (Å²) in [6, 6.07) is 3.56. The second-order valence-electron chi connectivity index (χ2n) is 4.33. The third kappa shape index (κ3) is 2.97. The molecule has 17 heavy (non-hydrogen) atoms. The van der Waals surface area contributed by atoms with Gasteiger partial charge >= 0.3 is 0 Å². The summed E-state index contributed by atoms with van der Waals surface area (Å²) in [5.74, 6) is 0.710. The van der Waals surface area contributed by atoms with Crippen LogP contribution in [0, 0.1) is 11.6 Å². The molecule has 1 aliphatic rings. The maximum absolute atomic E-state index is 13.4. The largest absolute Gasteiger partial charge is 0.394 e. The zero-order valence-corrected chi connectivity index (χ0v) is 10.2. The summed E-state index contributed by atoms with van der Waals surface area (Å²) >= 11 is 1.77. The van der Waals surface area contributed by atoms with Crippen LogP contribution in [-0.2, 0) is 6.54 Å². The Balaban J connectivity index is 2.01. The summed E-state index contributed by atoms with van der Waals surface area (Å²) in [5.41, 5.74) is 0.113. The predicted molar refractivity (Wildman–Crippen MR) is 65.0 cm³/mol. The molecule has 2 N–H and O–H groups in total. The van der Waals surface area contributed by atoms with E-state index in [0.717, 1.165) is 24.0 Å². The Labute approximate surface area is 103 Å². The van der Waals surface area contributed by atoms with Crippen LogP contribution in [0.25, 0.3) is 0 Å². The van der Waals surface area contributed by atoms with E-state index in [9.17, 15) is 13.9 Å². The Morgan fingerprint density at radius 3 is 2.82 bits per heavy atom. The monoisotopic (exact) mass is 259 g/mol. The zero-order valence-electron chi connectivity index (χ0n) is 9.38. The van der Waals surface area contributed by atoms with Gasteiger partial charge in [-0.05, 0) is 18.2 Å². The quantitative estimate of drug-likeness (QED) is 0.866. The van der Waals surface area contributed by atoms with Crippen LogP contribution in [0.1, 0.15) is 12.0 Å². The first kappa shape index (κ1) is 12.8. The topological polar surface area (TPSA) is 32.3 Å². The minimum atomic E-state index is -0.570. The summed E-state index contributed by atoms with van der Waals surface area (Å²) in [4.78, 5) is 0. The lowest BCUT2D eigenvalue weighted by Crippen LogP contribution is -2.48. The molecule has 0 saturated carbocycles. The molecule has 0 aromatic heterocycles. The first-order chi connectivity index (χ1) is 8.15. The van der Waals surface area contributed by atoms with Gasteiger partial charge in [0.25, 0.3) is 0 Å². The highest BCUT2D eigenvalue weighted by atomic mass is 32.2. The van der Waals surface area contributed by atoms with Crippen molar-refractivity contribution >= 4 is 11.8 Å². The van der Waals surface area contributed by atoms with Crippen molar-refractivity contribution in [3.8, 4) is 0 Å². The van der Waals surface area contributed by atoms with Gasteiger partial charge in [0.1, 0.15) is 11.6 Å². The van der Waals surface area contributed by atoms with Gasteiger partial charge in [0.15, 0.2) is 0 Å². The number of thioether (sulfide) groups is 1. The van der Waals surface area contributed by atoms with E-state index < -0.39 is 11.6 Å². The van der Waals surface area contributed by atoms with Crippen molar-refractivity contribution in [2.24, 2.45) is 0 Å². The molecule has 0 aliphatic carbocycles. The van der Waals surface area contributed by atoms with Gasteiger partial charge in [0.2, 0.25) is 0 Å². The fourth-order valence-corrected chi connectivity index (χ4v) is 3.28. The molecule has 0 amide bonds. The smallest absolute Gasteiger partial charge is 0.130 e. The number of hydrogen-bond donors (Lipinski definition) is 2. The molecule has 1 unspecified atom stereocenters. The van der Waals surface area contributed by atoms with Crippen LogP contribution < -0.4 is 5.32 Å². The number of aliphatic hydroxyl groups excluding tert-OH is 1. The summed E-state index contributed by atoms with van der Waals surface area (Å²) in [5, 5.41) is 12.6. The molecule has 1 heterocycles. The molecule has 5 heteroatoms. The van der Waals surface area contributed by atoms with Crippen molar-refractivity contribution in [2.75, 3.05) is 18.1 Å². The van der Waals surface area contributed by atoms with Gasteiger partial charge in [0, 0.05) is 23.9 Å². The highest BCUT2D eigenvalue weighted by Crippen LogP contribution is 2.28. The van der Waals surface area contributed by atoms with Crippen LogP contribution in [0.3, 0.4) is 0 Å². The van der Waals surface area contributed by atoms with Crippen LogP contribution in [-0.4, -0.2) is 28.8 Å². The minimum Gasteiger partial charge on any atom is -0.394 e. The number of benzene rings is 1. The fraction of sp³-hybridized carbons (Fsp3) is 0.500. The molecule has 94 valence electrons. The molecule has 1 aromatic rings. The zero-order chi connectivity index (χ0) is 12.3. The first-order valence-electron chi connectivity index (χ1n) is 5.53. The number of rotatable bonds is 4. The number of aliphatic hydroxyl groups is 1. The molecule has 1 saturated heterocycles. The Morgan fingerprint density at radius 1 is 1.41 bits per heavy atom. The number of nitrogens with one attached hydrogen (secondary N) is 1. The molecule has 0 bridgehead atoms. The molecule has 1 aliphatic heterocycles. The molecular weight excluding hydrogens is 244 g/mol. The maximum Gasteiger partial charge on any atom is 0.130 e. The van der Waals surface area contributed by atoms with Crippen molar-refractivity contribution in [1.82, 2.24) is 5.32 Å². The molecule has 1 aromatic carbocycles. The molecule has 1 fully saturated rings. The van der Waals surface area contributed by atoms with Gasteiger partial charge in [-0.15, -0.1) is 0 Å². The van der Waals surface area contributed by atoms with Crippen molar-refractivity contribution < 1.29 is 13.9 Å². The van der Waals surface area contributed by atoms with E-state index in [4.69, 9.17) is 0 Å². The van der Waals surface area contributed by atoms with E-state index in [2.05, 4.69) is 5.32 Å². The van der Waals surface area contributed by atoms with Gasteiger partial charge < -0.3 is 10.4 Å². The molecule has 2 rings (SSSR count). The maximum atomic E-state index is 13.4. The predicted octanol–water partition coefficient (Wildman–Crippen LogP) is 1.92. The molecule has 2 nitrogen and oxygen atoms in total. The Morgan fingerprint density at radius 2 is 2.24 bits per heavy atom. The normalized spacial score (nSPS) is 24.2. The van der Waals surface area contributed by atoms with Crippen molar-refractivity contribution in [3.63, 3.8) is 0 Å². The van der Waals surface area contributed by atoms with Gasteiger partial charge in [-0.1, -0.05) is 6.07 Å². The second kappa shape index (κ2) is 5.33. The third-order valence-electron chi connectivity index (χ3n) is 3.07. The number of hydrogen-bond acceptors (Lipinski definition) is 3. The summed E-state index contributed by atoms with van der Waals surface area (Å²) in [6.07, 6.45) is 0.872. The van der Waals surface area contributed by atoms with Crippen molar-refractivity contribution in [1.29, 1.82) is 0 Å². The lowest BCUT2D eigenvalue weighted by atomic mass is 10.00. The molecular formula is C12H15F2NOS. The Hall–Kier alpha value is -0.650. The highest BCUT2D eigenvalue weighted by Gasteiger charge is 2.33. The van der Waals surface area contributed by atoms with E-state index in [0.29, 0.717) is 12.1 Å². The summed E-state index contributed by atoms with van der Waals surface area (Å²) in [7, 11) is 0. The summed E-state index contributed by atoms with van der Waals surface area (Å²) in [6.45, 7) is 0.357.